The molecule has 3 aliphatic rings. The second-order valence-corrected chi connectivity index (χ2v) is 7.06. The first-order valence-electron chi connectivity index (χ1n) is 9.46. The molecule has 1 atom stereocenters. The van der Waals surface area contributed by atoms with Crippen LogP contribution in [0.25, 0.3) is 6.08 Å². The molecule has 0 bridgehead atoms. The number of aliphatic imine (C=N–C) groups is 1. The summed E-state index contributed by atoms with van der Waals surface area (Å²) in [7, 11) is 0. The van der Waals surface area contributed by atoms with E-state index >= 15 is 0 Å². The van der Waals surface area contributed by atoms with Gasteiger partial charge in [-0.15, -0.1) is 0 Å². The van der Waals surface area contributed by atoms with E-state index in [1.807, 2.05) is 30.4 Å². The van der Waals surface area contributed by atoms with Crippen LogP contribution in [0.2, 0.25) is 0 Å². The lowest BCUT2D eigenvalue weighted by Gasteiger charge is -2.23. The van der Waals surface area contributed by atoms with Crippen molar-refractivity contribution in [1.29, 1.82) is 0 Å². The van der Waals surface area contributed by atoms with E-state index in [-0.39, 0.29) is 29.7 Å². The Hall–Kier alpha value is -2.95. The number of rotatable bonds is 3. The molecule has 1 aliphatic heterocycles. The second-order valence-electron chi connectivity index (χ2n) is 7.06. The summed E-state index contributed by atoms with van der Waals surface area (Å²) in [5.74, 6) is -0.220. The van der Waals surface area contributed by atoms with E-state index in [4.69, 9.17) is 4.74 Å². The Morgan fingerprint density at radius 1 is 1.11 bits per heavy atom. The van der Waals surface area contributed by atoms with Crippen molar-refractivity contribution >= 4 is 23.6 Å². The molecule has 0 saturated heterocycles. The summed E-state index contributed by atoms with van der Waals surface area (Å²) in [6.45, 7) is 0. The number of allylic oxidation sites excluding steroid dienone is 2. The average molecular weight is 362 g/mol. The van der Waals surface area contributed by atoms with Gasteiger partial charge in [0.2, 0.25) is 0 Å². The first kappa shape index (κ1) is 17.5. The zero-order valence-corrected chi connectivity index (χ0v) is 15.1. The Labute approximate surface area is 158 Å². The lowest BCUT2D eigenvalue weighted by atomic mass is 9.95. The molecule has 1 fully saturated rings. The van der Waals surface area contributed by atoms with Crippen molar-refractivity contribution in [3.63, 3.8) is 0 Å². The van der Waals surface area contributed by atoms with E-state index in [1.165, 1.54) is 19.3 Å². The molecule has 5 nitrogen and oxygen atoms in total. The summed E-state index contributed by atoms with van der Waals surface area (Å²) < 4.78 is 5.75. The van der Waals surface area contributed by atoms with E-state index < -0.39 is 0 Å². The van der Waals surface area contributed by atoms with Crippen LogP contribution in [-0.4, -0.2) is 29.7 Å². The quantitative estimate of drug-likeness (QED) is 0.836. The summed E-state index contributed by atoms with van der Waals surface area (Å²) in [6, 6.07) is 7.46. The number of fused-ring (bicyclic) bond motifs is 1. The normalized spacial score (nSPS) is 23.6. The third-order valence-electron chi connectivity index (χ3n) is 5.06. The molecule has 4 rings (SSSR count). The van der Waals surface area contributed by atoms with Crippen molar-refractivity contribution in [2.45, 2.75) is 44.2 Å². The predicted molar refractivity (Wildman–Crippen MR) is 104 cm³/mol. The van der Waals surface area contributed by atoms with Crippen LogP contribution in [0.3, 0.4) is 0 Å². The molecule has 138 valence electrons. The van der Waals surface area contributed by atoms with Gasteiger partial charge in [0, 0.05) is 11.6 Å². The smallest absolute Gasteiger partial charge is 0.312 e. The molecule has 1 N–H and O–H groups in total. The number of benzene rings is 1. The average Bonchev–Trinajstić information content (AvgIpc) is 2.70. The lowest BCUT2D eigenvalue weighted by Crippen LogP contribution is -2.36. The minimum absolute atomic E-state index is 0.0422. The van der Waals surface area contributed by atoms with Crippen LogP contribution in [0.1, 0.15) is 48.0 Å². The van der Waals surface area contributed by atoms with Crippen molar-refractivity contribution in [2.75, 3.05) is 0 Å². The van der Waals surface area contributed by atoms with Crippen molar-refractivity contribution in [1.82, 2.24) is 5.32 Å². The summed E-state index contributed by atoms with van der Waals surface area (Å²) >= 11 is 0. The fraction of sp³-hybridized carbons (Fsp3) is 0.318. The Morgan fingerprint density at radius 3 is 2.67 bits per heavy atom. The number of hydrogen-bond acceptors (Lipinski definition) is 3. The van der Waals surface area contributed by atoms with E-state index in [9.17, 15) is 9.59 Å². The maximum atomic E-state index is 12.4. The highest BCUT2D eigenvalue weighted by atomic mass is 16.5. The number of hydrogen-bond donors (Lipinski definition) is 1. The number of ether oxygens (including phenoxy) is 1. The SMILES string of the molecule is O=C1N=C2C=CC=CC2O/C1=C\c1ccc(C(=O)NC2CCCCC2)cc1. The predicted octanol–water partition coefficient (Wildman–Crippen LogP) is 3.58. The minimum atomic E-state index is -0.389. The zero-order chi connectivity index (χ0) is 18.6. The fourth-order valence-electron chi connectivity index (χ4n) is 3.57. The van der Waals surface area contributed by atoms with Crippen molar-refractivity contribution in [3.05, 3.63) is 65.5 Å². The monoisotopic (exact) mass is 362 g/mol. The van der Waals surface area contributed by atoms with E-state index in [1.54, 1.807) is 24.3 Å². The molecule has 1 unspecified atom stereocenters. The van der Waals surface area contributed by atoms with Gasteiger partial charge in [-0.2, -0.15) is 0 Å². The van der Waals surface area contributed by atoms with E-state index in [0.717, 1.165) is 18.4 Å². The van der Waals surface area contributed by atoms with Crippen molar-refractivity contribution < 1.29 is 14.3 Å². The molecule has 5 heteroatoms. The summed E-state index contributed by atoms with van der Waals surface area (Å²) in [5, 5.41) is 3.11. The molecule has 1 heterocycles. The zero-order valence-electron chi connectivity index (χ0n) is 15.1. The maximum Gasteiger partial charge on any atom is 0.312 e. The van der Waals surface area contributed by atoms with Gasteiger partial charge in [0.15, 0.2) is 11.9 Å². The van der Waals surface area contributed by atoms with Gasteiger partial charge >= 0.3 is 5.91 Å². The van der Waals surface area contributed by atoms with Crippen LogP contribution in [0.5, 0.6) is 0 Å². The first-order chi connectivity index (χ1) is 13.2. The third kappa shape index (κ3) is 4.08. The molecule has 1 aromatic carbocycles. The van der Waals surface area contributed by atoms with Gasteiger partial charge in [-0.25, -0.2) is 4.99 Å². The minimum Gasteiger partial charge on any atom is -0.474 e. The van der Waals surface area contributed by atoms with Crippen LogP contribution >= 0.6 is 0 Å². The molecule has 27 heavy (non-hydrogen) atoms. The number of carbonyl (C=O) groups excluding carboxylic acids is 2. The number of nitrogens with one attached hydrogen (secondary N) is 1. The topological polar surface area (TPSA) is 67.8 Å². The van der Waals surface area contributed by atoms with Gasteiger partial charge in [0.25, 0.3) is 5.91 Å². The molecule has 1 aromatic rings. The molecule has 0 aromatic heterocycles. The Bertz CT molecular complexity index is 856. The third-order valence-corrected chi connectivity index (χ3v) is 5.06. The molecule has 0 radical (unpaired) electrons. The van der Waals surface area contributed by atoms with Crippen molar-refractivity contribution in [3.8, 4) is 0 Å². The molecule has 2 aliphatic carbocycles. The van der Waals surface area contributed by atoms with Gasteiger partial charge in [-0.3, -0.25) is 9.59 Å². The van der Waals surface area contributed by atoms with Gasteiger partial charge in [-0.1, -0.05) is 43.5 Å². The van der Waals surface area contributed by atoms with Crippen molar-refractivity contribution in [2.24, 2.45) is 4.99 Å². The lowest BCUT2D eigenvalue weighted by molar-refractivity contribution is -0.118. The number of amides is 2. The molecule has 1 saturated carbocycles. The Balaban J connectivity index is 1.44. The van der Waals surface area contributed by atoms with Gasteiger partial charge < -0.3 is 10.1 Å². The van der Waals surface area contributed by atoms with Crippen LogP contribution in [0.4, 0.5) is 0 Å². The number of carbonyl (C=O) groups is 2. The fourth-order valence-corrected chi connectivity index (χ4v) is 3.57. The van der Waals surface area contributed by atoms with Crippen LogP contribution < -0.4 is 5.32 Å². The highest BCUT2D eigenvalue weighted by molar-refractivity contribution is 6.13. The second kappa shape index (κ2) is 7.74. The number of nitrogens with zero attached hydrogens (tertiary/aromatic N) is 1. The van der Waals surface area contributed by atoms with Crippen LogP contribution in [0.15, 0.2) is 59.3 Å². The van der Waals surface area contributed by atoms with Crippen LogP contribution in [0, 0.1) is 0 Å². The molecule has 0 spiro atoms. The summed E-state index contributed by atoms with van der Waals surface area (Å²) in [4.78, 5) is 28.6. The first-order valence-corrected chi connectivity index (χ1v) is 9.46. The maximum absolute atomic E-state index is 12.4. The molecule has 2 amide bonds. The largest absolute Gasteiger partial charge is 0.474 e. The highest BCUT2D eigenvalue weighted by Crippen LogP contribution is 2.21. The Kier molecular flexibility index (Phi) is 5.01. The van der Waals surface area contributed by atoms with E-state index in [2.05, 4.69) is 10.3 Å². The highest BCUT2D eigenvalue weighted by Gasteiger charge is 2.26. The summed E-state index contributed by atoms with van der Waals surface area (Å²) in [5.41, 5.74) is 2.04. The molecular weight excluding hydrogens is 340 g/mol. The van der Waals surface area contributed by atoms with Crippen LogP contribution in [-0.2, 0) is 9.53 Å². The molecular formula is C22H22N2O3. The Morgan fingerprint density at radius 2 is 1.89 bits per heavy atom. The van der Waals surface area contributed by atoms with Gasteiger partial charge in [-0.05, 0) is 48.8 Å². The van der Waals surface area contributed by atoms with Gasteiger partial charge in [0.1, 0.15) is 0 Å². The van der Waals surface area contributed by atoms with E-state index in [0.29, 0.717) is 11.3 Å². The van der Waals surface area contributed by atoms with Gasteiger partial charge in [0.05, 0.1) is 5.71 Å². The summed E-state index contributed by atoms with van der Waals surface area (Å²) in [6.07, 6.45) is 14.4. The standard InChI is InChI=1S/C22H22N2O3/c25-21(23-17-6-2-1-3-7-17)16-12-10-15(11-13-16)14-20-22(26)24-18-8-4-5-9-19(18)27-20/h4-5,8-14,17,19H,1-3,6-7H2,(H,23,25)/b20-14-.